The normalized spacial score (nSPS) is 12.4. The van der Waals surface area contributed by atoms with Crippen molar-refractivity contribution in [3.63, 3.8) is 0 Å². The molecular formula is C15H25NO2. The molecule has 1 aromatic carbocycles. The highest BCUT2D eigenvalue weighted by atomic mass is 16.5. The van der Waals surface area contributed by atoms with Gasteiger partial charge in [0.1, 0.15) is 5.75 Å². The maximum absolute atomic E-state index is 8.68. The third-order valence-electron chi connectivity index (χ3n) is 3.03. The lowest BCUT2D eigenvalue weighted by Gasteiger charge is -2.14. The zero-order valence-electron chi connectivity index (χ0n) is 11.5. The van der Waals surface area contributed by atoms with Gasteiger partial charge < -0.3 is 15.2 Å². The Morgan fingerprint density at radius 2 is 1.89 bits per heavy atom. The van der Waals surface area contributed by atoms with Crippen molar-refractivity contribution < 1.29 is 9.84 Å². The molecule has 1 atom stereocenters. The van der Waals surface area contributed by atoms with Gasteiger partial charge in [-0.15, -0.1) is 0 Å². The molecule has 0 radical (unpaired) electrons. The van der Waals surface area contributed by atoms with Crippen molar-refractivity contribution >= 4 is 0 Å². The zero-order valence-corrected chi connectivity index (χ0v) is 11.5. The van der Waals surface area contributed by atoms with Crippen LogP contribution in [0.3, 0.4) is 0 Å². The predicted octanol–water partition coefficient (Wildman–Crippen LogP) is 2.38. The summed E-state index contributed by atoms with van der Waals surface area (Å²) in [6, 6.07) is 8.71. The molecule has 102 valence electrons. The van der Waals surface area contributed by atoms with Crippen molar-refractivity contribution in [1.29, 1.82) is 0 Å². The molecule has 1 rings (SSSR count). The molecule has 0 bridgehead atoms. The second-order valence-electron chi connectivity index (χ2n) is 4.69. The third-order valence-corrected chi connectivity index (χ3v) is 3.03. The van der Waals surface area contributed by atoms with Gasteiger partial charge in [-0.25, -0.2) is 0 Å². The zero-order chi connectivity index (χ0) is 13.2. The number of methoxy groups -OCH3 is 1. The first kappa shape index (κ1) is 15.0. The average molecular weight is 251 g/mol. The first-order valence-electron chi connectivity index (χ1n) is 6.73. The number of ether oxygens (including phenoxy) is 1. The minimum absolute atomic E-state index is 0.307. The second-order valence-corrected chi connectivity index (χ2v) is 4.69. The summed E-state index contributed by atoms with van der Waals surface area (Å²) < 4.78 is 5.14. The maximum atomic E-state index is 8.68. The van der Waals surface area contributed by atoms with Gasteiger partial charge >= 0.3 is 0 Å². The molecule has 0 spiro atoms. The van der Waals surface area contributed by atoms with Gasteiger partial charge in [0.2, 0.25) is 0 Å². The Kier molecular flexibility index (Phi) is 7.46. The van der Waals surface area contributed by atoms with E-state index in [0.717, 1.165) is 38.0 Å². The fraction of sp³-hybridized carbons (Fsp3) is 0.600. The van der Waals surface area contributed by atoms with E-state index < -0.39 is 0 Å². The molecule has 0 amide bonds. The molecule has 0 heterocycles. The van der Waals surface area contributed by atoms with Crippen LogP contribution in [-0.2, 0) is 6.42 Å². The van der Waals surface area contributed by atoms with E-state index in [1.54, 1.807) is 7.11 Å². The van der Waals surface area contributed by atoms with E-state index in [4.69, 9.17) is 9.84 Å². The molecule has 0 aliphatic carbocycles. The molecule has 2 N–H and O–H groups in total. The number of unbranched alkanes of at least 4 members (excludes halogenated alkanes) is 2. The Morgan fingerprint density at radius 1 is 1.17 bits per heavy atom. The minimum atomic E-state index is 0.307. The summed E-state index contributed by atoms with van der Waals surface area (Å²) >= 11 is 0. The van der Waals surface area contributed by atoms with E-state index in [1.165, 1.54) is 5.56 Å². The minimum Gasteiger partial charge on any atom is -0.497 e. The number of rotatable bonds is 9. The van der Waals surface area contributed by atoms with E-state index in [1.807, 2.05) is 12.1 Å². The van der Waals surface area contributed by atoms with E-state index in [2.05, 4.69) is 24.4 Å². The molecule has 0 aliphatic heterocycles. The lowest BCUT2D eigenvalue weighted by molar-refractivity contribution is 0.282. The molecule has 0 saturated carbocycles. The summed E-state index contributed by atoms with van der Waals surface area (Å²) in [4.78, 5) is 0. The molecule has 1 unspecified atom stereocenters. The third kappa shape index (κ3) is 6.03. The van der Waals surface area contributed by atoms with Gasteiger partial charge in [-0.1, -0.05) is 12.1 Å². The molecule has 3 nitrogen and oxygen atoms in total. The van der Waals surface area contributed by atoms with E-state index in [9.17, 15) is 0 Å². The van der Waals surface area contributed by atoms with Crippen LogP contribution in [0.2, 0.25) is 0 Å². The summed E-state index contributed by atoms with van der Waals surface area (Å²) in [5.41, 5.74) is 1.33. The first-order chi connectivity index (χ1) is 8.76. The van der Waals surface area contributed by atoms with E-state index in [-0.39, 0.29) is 0 Å². The number of aliphatic hydroxyl groups is 1. The summed E-state index contributed by atoms with van der Waals surface area (Å²) in [7, 11) is 1.69. The number of nitrogens with one attached hydrogen (secondary N) is 1. The van der Waals surface area contributed by atoms with E-state index in [0.29, 0.717) is 12.6 Å². The van der Waals surface area contributed by atoms with Gasteiger partial charge in [0.15, 0.2) is 0 Å². The monoisotopic (exact) mass is 251 g/mol. The molecule has 0 fully saturated rings. The summed E-state index contributed by atoms with van der Waals surface area (Å²) in [5.74, 6) is 0.906. The van der Waals surface area contributed by atoms with Gasteiger partial charge in [-0.3, -0.25) is 0 Å². The SMILES string of the molecule is COc1ccc(CC(C)NCCCCCO)cc1. The highest BCUT2D eigenvalue weighted by Gasteiger charge is 2.02. The van der Waals surface area contributed by atoms with Gasteiger partial charge in [0, 0.05) is 12.6 Å². The van der Waals surface area contributed by atoms with Crippen molar-refractivity contribution in [3.05, 3.63) is 29.8 Å². The molecule has 18 heavy (non-hydrogen) atoms. The van der Waals surface area contributed by atoms with E-state index >= 15 is 0 Å². The largest absolute Gasteiger partial charge is 0.497 e. The second kappa shape index (κ2) is 8.95. The summed E-state index contributed by atoms with van der Waals surface area (Å²) in [5, 5.41) is 12.2. The van der Waals surface area contributed by atoms with Crippen LogP contribution in [0.1, 0.15) is 31.7 Å². The Bertz CT molecular complexity index is 311. The molecule has 0 aliphatic rings. The number of benzene rings is 1. The Hall–Kier alpha value is -1.06. The fourth-order valence-electron chi connectivity index (χ4n) is 1.95. The van der Waals surface area contributed by atoms with Gasteiger partial charge in [0.05, 0.1) is 7.11 Å². The lowest BCUT2D eigenvalue weighted by Crippen LogP contribution is -2.28. The molecular weight excluding hydrogens is 226 g/mol. The fourth-order valence-corrected chi connectivity index (χ4v) is 1.95. The van der Waals surface area contributed by atoms with Crippen LogP contribution < -0.4 is 10.1 Å². The molecule has 3 heteroatoms. The summed E-state index contributed by atoms with van der Waals surface area (Å²) in [6.07, 6.45) is 4.17. The van der Waals surface area contributed by atoms with Gasteiger partial charge in [-0.2, -0.15) is 0 Å². The molecule has 0 saturated heterocycles. The van der Waals surface area contributed by atoms with Crippen LogP contribution in [0.15, 0.2) is 24.3 Å². The average Bonchev–Trinajstić information content (AvgIpc) is 2.39. The topological polar surface area (TPSA) is 41.5 Å². The standard InChI is InChI=1S/C15H25NO2/c1-13(16-10-4-3-5-11-17)12-14-6-8-15(18-2)9-7-14/h6-9,13,16-17H,3-5,10-12H2,1-2H3. The highest BCUT2D eigenvalue weighted by Crippen LogP contribution is 2.12. The Labute approximate surface area is 110 Å². The first-order valence-corrected chi connectivity index (χ1v) is 6.73. The predicted molar refractivity (Wildman–Crippen MR) is 75.1 cm³/mol. The van der Waals surface area contributed by atoms with Crippen LogP contribution in [0, 0.1) is 0 Å². The van der Waals surface area contributed by atoms with Crippen molar-refractivity contribution in [1.82, 2.24) is 5.32 Å². The van der Waals surface area contributed by atoms with Crippen molar-refractivity contribution in [2.45, 2.75) is 38.6 Å². The number of hydrogen-bond donors (Lipinski definition) is 2. The highest BCUT2D eigenvalue weighted by molar-refractivity contribution is 5.27. The van der Waals surface area contributed by atoms with Crippen LogP contribution in [0.5, 0.6) is 5.75 Å². The smallest absolute Gasteiger partial charge is 0.118 e. The molecule has 1 aromatic rings. The van der Waals surface area contributed by atoms with Crippen molar-refractivity contribution in [2.75, 3.05) is 20.3 Å². The van der Waals surface area contributed by atoms with Crippen LogP contribution in [-0.4, -0.2) is 31.4 Å². The van der Waals surface area contributed by atoms with Gasteiger partial charge in [-0.05, 0) is 56.8 Å². The van der Waals surface area contributed by atoms with Crippen LogP contribution in [0.4, 0.5) is 0 Å². The lowest BCUT2D eigenvalue weighted by atomic mass is 10.1. The number of aliphatic hydroxyl groups excluding tert-OH is 1. The summed E-state index contributed by atoms with van der Waals surface area (Å²) in [6.45, 7) is 3.54. The molecule has 0 aromatic heterocycles. The number of hydrogen-bond acceptors (Lipinski definition) is 3. The van der Waals surface area contributed by atoms with Crippen molar-refractivity contribution in [3.8, 4) is 5.75 Å². The maximum Gasteiger partial charge on any atom is 0.118 e. The Morgan fingerprint density at radius 3 is 2.50 bits per heavy atom. The van der Waals surface area contributed by atoms with Crippen LogP contribution in [0.25, 0.3) is 0 Å². The van der Waals surface area contributed by atoms with Crippen LogP contribution >= 0.6 is 0 Å². The quantitative estimate of drug-likeness (QED) is 0.662. The Balaban J connectivity index is 2.20. The van der Waals surface area contributed by atoms with Gasteiger partial charge in [0.25, 0.3) is 0 Å². The van der Waals surface area contributed by atoms with Crippen molar-refractivity contribution in [2.24, 2.45) is 0 Å².